The molecule has 4 aliphatic rings. The van der Waals surface area contributed by atoms with Crippen molar-refractivity contribution in [1.29, 1.82) is 0 Å². The predicted octanol–water partition coefficient (Wildman–Crippen LogP) is 5.09. The molecular weight excluding hydrogens is 724 g/mol. The van der Waals surface area contributed by atoms with Gasteiger partial charge in [0.2, 0.25) is 27.7 Å². The monoisotopic (exact) mass is 769 g/mol. The molecule has 0 aromatic heterocycles. The fraction of sp³-hybridized carbons (Fsp3) is 0.629. The minimum absolute atomic E-state index is 0.0142. The van der Waals surface area contributed by atoms with E-state index < -0.39 is 57.0 Å². The van der Waals surface area contributed by atoms with Gasteiger partial charge >= 0.3 is 12.3 Å². The second kappa shape index (κ2) is 16.2. The van der Waals surface area contributed by atoms with Crippen LogP contribution in [-0.4, -0.2) is 85.5 Å². The van der Waals surface area contributed by atoms with Crippen LogP contribution in [0.5, 0.6) is 0 Å². The van der Waals surface area contributed by atoms with E-state index in [1.165, 1.54) is 24.9 Å². The molecule has 3 fully saturated rings. The van der Waals surface area contributed by atoms with E-state index in [1.54, 1.807) is 11.9 Å². The maximum Gasteiger partial charge on any atom is 0.416 e. The lowest BCUT2D eigenvalue weighted by molar-refractivity contribution is -0.139. The van der Waals surface area contributed by atoms with E-state index in [-0.39, 0.29) is 53.5 Å². The molecule has 3 aliphatic carbocycles. The number of allylic oxidation sites excluding steroid dienone is 2. The number of thioether (sulfide) groups is 1. The van der Waals surface area contributed by atoms with Crippen molar-refractivity contribution in [3.05, 3.63) is 41.5 Å². The molecule has 0 bridgehead atoms. The van der Waals surface area contributed by atoms with Crippen LogP contribution in [0.25, 0.3) is 0 Å². The number of sulfonamides is 1. The Kier molecular flexibility index (Phi) is 12.3. The summed E-state index contributed by atoms with van der Waals surface area (Å²) in [5, 5.41) is 5.19. The lowest BCUT2D eigenvalue weighted by Gasteiger charge is -2.24. The fourth-order valence-electron chi connectivity index (χ4n) is 6.55. The van der Waals surface area contributed by atoms with Crippen LogP contribution in [0.15, 0.2) is 35.3 Å². The molecule has 1 aliphatic heterocycles. The van der Waals surface area contributed by atoms with Gasteiger partial charge in [0.15, 0.2) is 0 Å². The Hall–Kier alpha value is -3.60. The highest BCUT2D eigenvalue weighted by atomic mass is 32.2. The van der Waals surface area contributed by atoms with Crippen LogP contribution in [-0.2, 0) is 35.3 Å². The number of aliphatic imine (C=N–C) groups is 1. The predicted molar refractivity (Wildman–Crippen MR) is 191 cm³/mol. The molecule has 5 rings (SSSR count). The summed E-state index contributed by atoms with van der Waals surface area (Å²) in [4.78, 5) is 57.7. The molecule has 2 unspecified atom stereocenters. The minimum atomic E-state index is -4.64. The van der Waals surface area contributed by atoms with Crippen LogP contribution in [0.2, 0.25) is 0 Å². The summed E-state index contributed by atoms with van der Waals surface area (Å²) in [5.74, 6) is -2.94. The molecule has 0 radical (unpaired) electrons. The maximum absolute atomic E-state index is 13.6. The first-order chi connectivity index (χ1) is 24.5. The molecule has 286 valence electrons. The van der Waals surface area contributed by atoms with Crippen molar-refractivity contribution in [1.82, 2.24) is 14.9 Å². The SMILES string of the molecule is CNC(=O)[C@@H]1C[C@@H](OC(=O)Nc2cc(C(F)(F)F)ccc2C2=NC(C)C(C)S2)C[C@H]1C(=O)N(C)CCCC/C=C\[C@@H]1C[C@@H]1C(=O)NS(=O)(=O)C1CC1. The molecule has 1 aromatic rings. The van der Waals surface area contributed by atoms with Crippen molar-refractivity contribution >= 4 is 56.3 Å². The van der Waals surface area contributed by atoms with Gasteiger partial charge in [-0.05, 0) is 82.4 Å². The highest BCUT2D eigenvalue weighted by molar-refractivity contribution is 8.15. The number of anilines is 1. The standard InChI is InChI=1S/C35H46F3N5O7S2/c1-19-20(2)51-32(40-19)25-13-10-22(35(36,37)38)16-29(25)41-34(47)50-23-17-27(30(44)39-3)28(18-23)33(46)43(4)14-8-6-5-7-9-21-15-26(21)31(45)42-52(48,49)24-11-12-24/h7,9-10,13,16,19-21,23-24,26-28H,5-6,8,11-12,14-15,17-18H2,1-4H3,(H,39,44)(H,41,47)(H,42,45)/b9-7-/t19?,20?,21-,23-,26+,27-,28-/m1/s1. The van der Waals surface area contributed by atoms with E-state index in [0.717, 1.165) is 18.6 Å². The summed E-state index contributed by atoms with van der Waals surface area (Å²) in [6.45, 7) is 4.27. The highest BCUT2D eigenvalue weighted by Crippen LogP contribution is 2.41. The van der Waals surface area contributed by atoms with Crippen LogP contribution in [0.1, 0.15) is 76.3 Å². The zero-order valence-corrected chi connectivity index (χ0v) is 31.2. The number of alkyl halides is 3. The van der Waals surface area contributed by atoms with E-state index in [1.807, 2.05) is 26.0 Å². The van der Waals surface area contributed by atoms with Crippen molar-refractivity contribution in [3.8, 4) is 0 Å². The number of ether oxygens (including phenoxy) is 1. The molecular formula is C35H46F3N5O7S2. The lowest BCUT2D eigenvalue weighted by atomic mass is 9.94. The molecule has 12 nitrogen and oxygen atoms in total. The fourth-order valence-corrected chi connectivity index (χ4v) is 9.04. The Morgan fingerprint density at radius 2 is 1.75 bits per heavy atom. The molecule has 4 amide bonds. The first kappa shape index (κ1) is 39.6. The third-order valence-corrected chi connectivity index (χ3v) is 13.2. The van der Waals surface area contributed by atoms with E-state index >= 15 is 0 Å². The number of hydrogen-bond donors (Lipinski definition) is 3. The van der Waals surface area contributed by atoms with Crippen LogP contribution < -0.4 is 15.4 Å². The Morgan fingerprint density at radius 3 is 2.38 bits per heavy atom. The summed E-state index contributed by atoms with van der Waals surface area (Å²) in [5.41, 5.74) is -0.704. The largest absolute Gasteiger partial charge is 0.446 e. The molecule has 7 atom stereocenters. The Bertz CT molecular complexity index is 1720. The zero-order valence-electron chi connectivity index (χ0n) is 29.6. The highest BCUT2D eigenvalue weighted by Gasteiger charge is 2.46. The number of hydrogen-bond acceptors (Lipinski definition) is 9. The van der Waals surface area contributed by atoms with E-state index in [2.05, 4.69) is 20.3 Å². The molecule has 0 spiro atoms. The van der Waals surface area contributed by atoms with Gasteiger partial charge in [0.25, 0.3) is 0 Å². The average molecular weight is 770 g/mol. The first-order valence-corrected chi connectivity index (χ1v) is 20.0. The number of nitrogens with one attached hydrogen (secondary N) is 3. The number of rotatable bonds is 14. The Labute approximate surface area is 306 Å². The van der Waals surface area contributed by atoms with Crippen molar-refractivity contribution in [2.75, 3.05) is 26.0 Å². The quantitative estimate of drug-likeness (QED) is 0.174. The second-order valence-corrected chi connectivity index (χ2v) is 17.4. The van der Waals surface area contributed by atoms with E-state index in [0.29, 0.717) is 49.3 Å². The summed E-state index contributed by atoms with van der Waals surface area (Å²) < 4.78 is 72.5. The summed E-state index contributed by atoms with van der Waals surface area (Å²) in [6, 6.07) is 3.01. The number of nitrogens with zero attached hydrogens (tertiary/aromatic N) is 2. The van der Waals surface area contributed by atoms with E-state index in [9.17, 15) is 40.8 Å². The average Bonchev–Trinajstić information content (AvgIpc) is 4.00. The molecule has 1 aromatic carbocycles. The van der Waals surface area contributed by atoms with Gasteiger partial charge in [-0.3, -0.25) is 29.4 Å². The van der Waals surface area contributed by atoms with Gasteiger partial charge in [0.05, 0.1) is 34.4 Å². The topological polar surface area (TPSA) is 163 Å². The van der Waals surface area contributed by atoms with E-state index in [4.69, 9.17) is 4.74 Å². The molecule has 3 saturated carbocycles. The van der Waals surface area contributed by atoms with Crippen LogP contribution >= 0.6 is 11.8 Å². The van der Waals surface area contributed by atoms with Gasteiger partial charge in [0, 0.05) is 37.4 Å². The van der Waals surface area contributed by atoms with Gasteiger partial charge in [-0.2, -0.15) is 13.2 Å². The number of unbranched alkanes of at least 4 members (excludes halogenated alkanes) is 2. The summed E-state index contributed by atoms with van der Waals surface area (Å²) in [7, 11) is -0.454. The van der Waals surface area contributed by atoms with Crippen molar-refractivity contribution in [2.24, 2.45) is 28.7 Å². The zero-order chi connectivity index (χ0) is 38.0. The maximum atomic E-state index is 13.6. The first-order valence-electron chi connectivity index (χ1n) is 17.6. The van der Waals surface area contributed by atoms with Crippen molar-refractivity contribution in [3.63, 3.8) is 0 Å². The molecule has 1 heterocycles. The smallest absolute Gasteiger partial charge is 0.416 e. The number of carbonyl (C=O) groups excluding carboxylic acids is 4. The van der Waals surface area contributed by atoms with Crippen LogP contribution in [0.4, 0.5) is 23.7 Å². The Morgan fingerprint density at radius 1 is 1.04 bits per heavy atom. The van der Waals surface area contributed by atoms with Gasteiger partial charge in [-0.15, -0.1) is 11.8 Å². The van der Waals surface area contributed by atoms with Crippen molar-refractivity contribution in [2.45, 2.75) is 94.0 Å². The summed E-state index contributed by atoms with van der Waals surface area (Å²) >= 11 is 1.40. The van der Waals surface area contributed by atoms with Crippen LogP contribution in [0.3, 0.4) is 0 Å². The van der Waals surface area contributed by atoms with Gasteiger partial charge < -0.3 is 15.0 Å². The minimum Gasteiger partial charge on any atom is -0.446 e. The molecule has 52 heavy (non-hydrogen) atoms. The molecule has 3 N–H and O–H groups in total. The van der Waals surface area contributed by atoms with Gasteiger partial charge in [0.1, 0.15) is 11.1 Å². The number of halogens is 3. The molecule has 17 heteroatoms. The third-order valence-electron chi connectivity index (χ3n) is 10.1. The van der Waals surface area contributed by atoms with Gasteiger partial charge in [-0.1, -0.05) is 19.1 Å². The molecule has 0 saturated heterocycles. The lowest BCUT2D eigenvalue weighted by Crippen LogP contribution is -2.40. The second-order valence-electron chi connectivity index (χ2n) is 14.1. The number of amides is 4. The van der Waals surface area contributed by atoms with Gasteiger partial charge in [-0.25, -0.2) is 13.2 Å². The summed E-state index contributed by atoms with van der Waals surface area (Å²) in [6.07, 6.45) is 1.49. The Balaban J connectivity index is 1.11. The third kappa shape index (κ3) is 9.88. The number of benzene rings is 1. The van der Waals surface area contributed by atoms with Crippen molar-refractivity contribution < 1.29 is 45.5 Å². The van der Waals surface area contributed by atoms with Crippen LogP contribution in [0, 0.1) is 23.7 Å². The normalized spacial score (nSPS) is 27.2. The number of carbonyl (C=O) groups is 4.